The Labute approximate surface area is 82.8 Å². The van der Waals surface area contributed by atoms with Crippen molar-refractivity contribution in [3.8, 4) is 0 Å². The lowest BCUT2D eigenvalue weighted by Crippen LogP contribution is -2.10. The first kappa shape index (κ1) is 9.15. The first-order chi connectivity index (χ1) is 6.74. The van der Waals surface area contributed by atoms with Crippen molar-refractivity contribution in [3.05, 3.63) is 24.2 Å². The number of nitrogens with two attached hydrogens (primary N) is 1. The molecule has 4 nitrogen and oxygen atoms in total. The topological polar surface area (TPSA) is 56.7 Å². The van der Waals surface area contributed by atoms with Crippen LogP contribution in [0.25, 0.3) is 11.2 Å². The third kappa shape index (κ3) is 1.28. The van der Waals surface area contributed by atoms with Gasteiger partial charge in [-0.1, -0.05) is 0 Å². The summed E-state index contributed by atoms with van der Waals surface area (Å²) in [5, 5.41) is 0. The Hall–Kier alpha value is -1.42. The van der Waals surface area contributed by atoms with Gasteiger partial charge in [0, 0.05) is 12.2 Å². The van der Waals surface area contributed by atoms with Crippen LogP contribution in [0, 0.1) is 0 Å². The van der Waals surface area contributed by atoms with E-state index >= 15 is 0 Å². The zero-order valence-electron chi connectivity index (χ0n) is 8.44. The Morgan fingerprint density at radius 3 is 2.93 bits per heavy atom. The van der Waals surface area contributed by atoms with Gasteiger partial charge in [0.05, 0.1) is 12.1 Å². The van der Waals surface area contributed by atoms with E-state index in [-0.39, 0.29) is 0 Å². The van der Waals surface area contributed by atoms with Crippen LogP contribution >= 0.6 is 0 Å². The highest BCUT2D eigenvalue weighted by atomic mass is 15.1. The van der Waals surface area contributed by atoms with Crippen LogP contribution in [0.5, 0.6) is 0 Å². The second-order valence-corrected chi connectivity index (χ2v) is 3.54. The van der Waals surface area contributed by atoms with Crippen molar-refractivity contribution in [1.29, 1.82) is 0 Å². The minimum absolute atomic E-state index is 0.364. The maximum Gasteiger partial charge on any atom is 0.177 e. The van der Waals surface area contributed by atoms with E-state index in [2.05, 4.69) is 28.4 Å². The summed E-state index contributed by atoms with van der Waals surface area (Å²) in [5.74, 6) is 0.897. The molecule has 2 N–H and O–H groups in total. The smallest absolute Gasteiger partial charge is 0.177 e. The van der Waals surface area contributed by atoms with Gasteiger partial charge in [0.2, 0.25) is 0 Å². The number of imidazole rings is 1. The third-order valence-electron chi connectivity index (χ3n) is 2.24. The fourth-order valence-electron chi connectivity index (χ4n) is 1.70. The summed E-state index contributed by atoms with van der Waals surface area (Å²) in [6.07, 6.45) is 1.75. The fourth-order valence-corrected chi connectivity index (χ4v) is 1.70. The van der Waals surface area contributed by atoms with Gasteiger partial charge in [-0.15, -0.1) is 0 Å². The van der Waals surface area contributed by atoms with Crippen molar-refractivity contribution in [2.24, 2.45) is 5.73 Å². The van der Waals surface area contributed by atoms with Crippen molar-refractivity contribution >= 4 is 11.2 Å². The Bertz CT molecular complexity index is 444. The number of rotatable bonds is 2. The van der Waals surface area contributed by atoms with Gasteiger partial charge in [-0.3, -0.25) is 0 Å². The zero-order valence-corrected chi connectivity index (χ0v) is 8.44. The Morgan fingerprint density at radius 2 is 2.29 bits per heavy atom. The molecule has 2 aromatic rings. The van der Waals surface area contributed by atoms with E-state index in [1.165, 1.54) is 0 Å². The molecular weight excluding hydrogens is 176 g/mol. The number of pyridine rings is 1. The molecule has 2 rings (SSSR count). The summed E-state index contributed by atoms with van der Waals surface area (Å²) in [5.41, 5.74) is 7.48. The zero-order chi connectivity index (χ0) is 10.1. The molecule has 0 aliphatic heterocycles. The fraction of sp³-hybridized carbons (Fsp3) is 0.400. The lowest BCUT2D eigenvalue weighted by Gasteiger charge is -2.11. The van der Waals surface area contributed by atoms with Crippen LogP contribution in [0.3, 0.4) is 0 Å². The van der Waals surface area contributed by atoms with Crippen molar-refractivity contribution in [1.82, 2.24) is 14.5 Å². The van der Waals surface area contributed by atoms with Gasteiger partial charge in [-0.25, -0.2) is 9.97 Å². The molecule has 0 fully saturated rings. The molecule has 14 heavy (non-hydrogen) atoms. The van der Waals surface area contributed by atoms with E-state index in [0.717, 1.165) is 17.0 Å². The monoisotopic (exact) mass is 190 g/mol. The lowest BCUT2D eigenvalue weighted by atomic mass is 10.3. The number of hydrogen-bond acceptors (Lipinski definition) is 3. The van der Waals surface area contributed by atoms with E-state index in [4.69, 9.17) is 5.73 Å². The van der Waals surface area contributed by atoms with Crippen molar-refractivity contribution < 1.29 is 0 Å². The third-order valence-corrected chi connectivity index (χ3v) is 2.24. The number of hydrogen-bond donors (Lipinski definition) is 1. The maximum atomic E-state index is 5.64. The number of fused-ring (bicyclic) bond motifs is 1. The minimum Gasteiger partial charge on any atom is -0.324 e. The van der Waals surface area contributed by atoms with Crippen molar-refractivity contribution in [2.75, 3.05) is 0 Å². The average Bonchev–Trinajstić information content (AvgIpc) is 2.55. The molecule has 0 spiro atoms. The van der Waals surface area contributed by atoms with Gasteiger partial charge in [0.25, 0.3) is 0 Å². The van der Waals surface area contributed by atoms with Crippen LogP contribution in [0.2, 0.25) is 0 Å². The van der Waals surface area contributed by atoms with Gasteiger partial charge in [-0.2, -0.15) is 0 Å². The molecule has 0 saturated carbocycles. The summed E-state index contributed by atoms with van der Waals surface area (Å²) >= 11 is 0. The second-order valence-electron chi connectivity index (χ2n) is 3.54. The molecule has 74 valence electrons. The normalized spacial score (nSPS) is 11.4. The largest absolute Gasteiger partial charge is 0.324 e. The van der Waals surface area contributed by atoms with E-state index in [1.807, 2.05) is 12.1 Å². The van der Waals surface area contributed by atoms with Crippen LogP contribution in [-0.2, 0) is 6.54 Å². The summed E-state index contributed by atoms with van der Waals surface area (Å²) in [7, 11) is 0. The highest BCUT2D eigenvalue weighted by Crippen LogP contribution is 2.18. The molecule has 0 radical (unpaired) electrons. The molecule has 0 aliphatic rings. The van der Waals surface area contributed by atoms with Crippen LogP contribution in [0.15, 0.2) is 18.3 Å². The van der Waals surface area contributed by atoms with Gasteiger partial charge >= 0.3 is 0 Å². The van der Waals surface area contributed by atoms with E-state index in [9.17, 15) is 0 Å². The second kappa shape index (κ2) is 3.38. The van der Waals surface area contributed by atoms with Crippen molar-refractivity contribution in [2.45, 2.75) is 26.4 Å². The molecule has 4 heteroatoms. The molecule has 0 aromatic carbocycles. The highest BCUT2D eigenvalue weighted by molar-refractivity contribution is 5.71. The molecule has 0 unspecified atom stereocenters. The molecule has 2 aromatic heterocycles. The predicted molar refractivity (Wildman–Crippen MR) is 55.8 cm³/mol. The van der Waals surface area contributed by atoms with E-state index in [0.29, 0.717) is 12.6 Å². The summed E-state index contributed by atoms with van der Waals surface area (Å²) < 4.78 is 2.13. The summed E-state index contributed by atoms with van der Waals surface area (Å²) in [6.45, 7) is 4.69. The molecule has 2 heterocycles. The maximum absolute atomic E-state index is 5.64. The SMILES string of the molecule is CC(C)n1c(CN)nc2ncccc21. The minimum atomic E-state index is 0.364. The summed E-state index contributed by atoms with van der Waals surface area (Å²) in [4.78, 5) is 8.58. The molecule has 0 saturated heterocycles. The molecule has 0 atom stereocenters. The Balaban J connectivity index is 2.74. The number of nitrogens with zero attached hydrogens (tertiary/aromatic N) is 3. The predicted octanol–water partition coefficient (Wildman–Crippen LogP) is 1.47. The number of aromatic nitrogens is 3. The Kier molecular flexibility index (Phi) is 2.21. The Morgan fingerprint density at radius 1 is 1.50 bits per heavy atom. The molecule has 0 amide bonds. The van der Waals surface area contributed by atoms with Crippen LogP contribution in [0.4, 0.5) is 0 Å². The first-order valence-corrected chi connectivity index (χ1v) is 4.76. The molecular formula is C10H14N4. The van der Waals surface area contributed by atoms with Gasteiger partial charge in [0.1, 0.15) is 5.82 Å². The lowest BCUT2D eigenvalue weighted by molar-refractivity contribution is 0.585. The van der Waals surface area contributed by atoms with Gasteiger partial charge in [0.15, 0.2) is 5.65 Å². The van der Waals surface area contributed by atoms with Crippen LogP contribution in [-0.4, -0.2) is 14.5 Å². The first-order valence-electron chi connectivity index (χ1n) is 4.76. The van der Waals surface area contributed by atoms with Gasteiger partial charge < -0.3 is 10.3 Å². The summed E-state index contributed by atoms with van der Waals surface area (Å²) in [6, 6.07) is 4.31. The van der Waals surface area contributed by atoms with Crippen LogP contribution in [0.1, 0.15) is 25.7 Å². The van der Waals surface area contributed by atoms with E-state index < -0.39 is 0 Å². The molecule has 0 aliphatic carbocycles. The van der Waals surface area contributed by atoms with Crippen molar-refractivity contribution in [3.63, 3.8) is 0 Å². The molecule has 0 bridgehead atoms. The van der Waals surface area contributed by atoms with Gasteiger partial charge in [-0.05, 0) is 26.0 Å². The van der Waals surface area contributed by atoms with E-state index in [1.54, 1.807) is 6.20 Å². The average molecular weight is 190 g/mol. The highest BCUT2D eigenvalue weighted by Gasteiger charge is 2.11. The standard InChI is InChI=1S/C10H14N4/c1-7(2)14-8-4-3-5-12-10(8)13-9(14)6-11/h3-5,7H,6,11H2,1-2H3. The quantitative estimate of drug-likeness (QED) is 0.780. The van der Waals surface area contributed by atoms with Crippen LogP contribution < -0.4 is 5.73 Å².